The van der Waals surface area contributed by atoms with E-state index in [0.29, 0.717) is 10.3 Å². The third kappa shape index (κ3) is 2.80. The number of hydrogen-bond donors (Lipinski definition) is 1. The van der Waals surface area contributed by atoms with Gasteiger partial charge in [0, 0.05) is 29.6 Å². The van der Waals surface area contributed by atoms with E-state index in [0.717, 1.165) is 40.5 Å². The van der Waals surface area contributed by atoms with E-state index in [1.807, 2.05) is 36.4 Å². The van der Waals surface area contributed by atoms with E-state index in [-0.39, 0.29) is 5.56 Å². The molecule has 3 aromatic rings. The zero-order valence-corrected chi connectivity index (χ0v) is 13.9. The second-order valence-corrected chi connectivity index (χ2v) is 6.86. The van der Waals surface area contributed by atoms with Gasteiger partial charge in [-0.1, -0.05) is 23.5 Å². The van der Waals surface area contributed by atoms with Gasteiger partial charge in [-0.2, -0.15) is 0 Å². The van der Waals surface area contributed by atoms with Crippen LogP contribution in [-0.2, 0) is 6.54 Å². The lowest BCUT2D eigenvalue weighted by molar-refractivity contribution is 0.568. The zero-order valence-electron chi connectivity index (χ0n) is 12.2. The van der Waals surface area contributed by atoms with Gasteiger partial charge >= 0.3 is 0 Å². The van der Waals surface area contributed by atoms with Crippen LogP contribution in [0.4, 0.5) is 0 Å². The molecule has 0 bridgehead atoms. The molecule has 2 aromatic heterocycles. The first-order valence-electron chi connectivity index (χ1n) is 7.36. The van der Waals surface area contributed by atoms with Crippen molar-refractivity contribution in [2.24, 2.45) is 4.99 Å². The van der Waals surface area contributed by atoms with Gasteiger partial charge in [-0.25, -0.2) is 0 Å². The van der Waals surface area contributed by atoms with Crippen molar-refractivity contribution in [1.29, 1.82) is 0 Å². The molecule has 1 aliphatic rings. The normalized spacial score (nSPS) is 14.6. The lowest BCUT2D eigenvalue weighted by Gasteiger charge is -2.03. The van der Waals surface area contributed by atoms with E-state index in [9.17, 15) is 4.79 Å². The topological polar surface area (TPSA) is 47.5 Å². The molecule has 1 aromatic carbocycles. The summed E-state index contributed by atoms with van der Waals surface area (Å²) in [5.41, 5.74) is 0.984. The number of rotatable bonds is 2. The fourth-order valence-corrected chi connectivity index (χ4v) is 3.84. The monoisotopic (exact) mass is 342 g/mol. The molecule has 116 valence electrons. The largest absolute Gasteiger partial charge is 0.457 e. The maximum Gasteiger partial charge on any atom is 0.270 e. The minimum absolute atomic E-state index is 0.0174. The van der Waals surface area contributed by atoms with Crippen molar-refractivity contribution < 1.29 is 4.42 Å². The molecule has 0 unspecified atom stereocenters. The van der Waals surface area contributed by atoms with Crippen molar-refractivity contribution in [1.82, 2.24) is 4.57 Å². The molecule has 4 rings (SSSR count). The Kier molecular flexibility index (Phi) is 3.71. The van der Waals surface area contributed by atoms with Gasteiger partial charge < -0.3 is 4.42 Å². The van der Waals surface area contributed by atoms with Crippen LogP contribution >= 0.6 is 24.0 Å². The van der Waals surface area contributed by atoms with Crippen LogP contribution in [0.15, 0.2) is 55.5 Å². The predicted molar refractivity (Wildman–Crippen MR) is 93.8 cm³/mol. The third-order valence-electron chi connectivity index (χ3n) is 3.71. The van der Waals surface area contributed by atoms with E-state index in [2.05, 4.69) is 17.6 Å². The number of thiazole rings is 1. The number of benzene rings is 1. The Morgan fingerprint density at radius 1 is 1.30 bits per heavy atom. The number of fused-ring (bicyclic) bond motifs is 1. The van der Waals surface area contributed by atoms with Gasteiger partial charge in [-0.3, -0.25) is 14.4 Å². The Hall–Kier alpha value is -2.05. The number of nitrogens with zero attached hydrogens (tertiary/aromatic N) is 2. The maximum atomic E-state index is 12.4. The van der Waals surface area contributed by atoms with Gasteiger partial charge in [0.2, 0.25) is 0 Å². The average molecular weight is 342 g/mol. The molecule has 0 fully saturated rings. The van der Waals surface area contributed by atoms with Crippen LogP contribution in [0.2, 0.25) is 0 Å². The summed E-state index contributed by atoms with van der Waals surface area (Å²) in [5.74, 6) is 1.43. The van der Waals surface area contributed by atoms with Crippen LogP contribution in [0.5, 0.6) is 0 Å². The van der Waals surface area contributed by atoms with Crippen molar-refractivity contribution in [2.45, 2.75) is 17.9 Å². The molecular weight excluding hydrogens is 328 g/mol. The summed E-state index contributed by atoms with van der Waals surface area (Å²) >= 11 is 5.76. The number of furan rings is 1. The van der Waals surface area contributed by atoms with Crippen molar-refractivity contribution in [3.05, 3.63) is 61.8 Å². The molecule has 6 heteroatoms. The standard InChI is InChI=1S/C17H14N2O2S2/c20-16-15(23-17-18-7-2-8-19(16)17)10-12-5-6-14(21-12)11-3-1-4-13(22)9-11/h1,3-6,9-10,22H,2,7-8H2/b15-10-. The Bertz CT molecular complexity index is 1040. The van der Waals surface area contributed by atoms with Crippen LogP contribution in [-0.4, -0.2) is 11.1 Å². The van der Waals surface area contributed by atoms with Crippen molar-refractivity contribution in [3.63, 3.8) is 0 Å². The molecule has 4 nitrogen and oxygen atoms in total. The van der Waals surface area contributed by atoms with Crippen LogP contribution < -0.4 is 14.9 Å². The highest BCUT2D eigenvalue weighted by Gasteiger charge is 2.10. The average Bonchev–Trinajstić information content (AvgIpc) is 3.14. The first-order chi connectivity index (χ1) is 11.2. The third-order valence-corrected chi connectivity index (χ3v) is 5.03. The van der Waals surface area contributed by atoms with Crippen LogP contribution in [0.1, 0.15) is 12.2 Å². The highest BCUT2D eigenvalue weighted by atomic mass is 32.1. The van der Waals surface area contributed by atoms with Gasteiger partial charge in [-0.15, -0.1) is 12.6 Å². The molecule has 23 heavy (non-hydrogen) atoms. The van der Waals surface area contributed by atoms with Crippen molar-refractivity contribution >= 4 is 30.0 Å². The van der Waals surface area contributed by atoms with Gasteiger partial charge in [0.1, 0.15) is 11.5 Å². The molecule has 0 aliphatic carbocycles. The van der Waals surface area contributed by atoms with Crippen LogP contribution in [0.25, 0.3) is 17.4 Å². The highest BCUT2D eigenvalue weighted by Crippen LogP contribution is 2.24. The second kappa shape index (κ2) is 5.86. The van der Waals surface area contributed by atoms with E-state index < -0.39 is 0 Å². The number of aromatic nitrogens is 1. The van der Waals surface area contributed by atoms with Crippen LogP contribution in [0.3, 0.4) is 0 Å². The number of hydrogen-bond acceptors (Lipinski definition) is 5. The molecule has 0 spiro atoms. The zero-order chi connectivity index (χ0) is 15.8. The molecule has 0 saturated carbocycles. The summed E-state index contributed by atoms with van der Waals surface area (Å²) in [6.45, 7) is 1.55. The summed E-state index contributed by atoms with van der Waals surface area (Å²) in [7, 11) is 0. The van der Waals surface area contributed by atoms with E-state index >= 15 is 0 Å². The summed E-state index contributed by atoms with van der Waals surface area (Å²) in [6.07, 6.45) is 2.72. The van der Waals surface area contributed by atoms with Gasteiger partial charge in [0.25, 0.3) is 5.56 Å². The molecule has 3 heterocycles. The van der Waals surface area contributed by atoms with Gasteiger partial charge in [0.05, 0.1) is 4.53 Å². The minimum atomic E-state index is 0.0174. The van der Waals surface area contributed by atoms with E-state index in [1.165, 1.54) is 11.3 Å². The quantitative estimate of drug-likeness (QED) is 0.727. The SMILES string of the molecule is O=c1/c(=C/c2ccc(-c3cccc(S)c3)o2)sc2n1CCCN=2. The molecule has 0 N–H and O–H groups in total. The van der Waals surface area contributed by atoms with E-state index in [1.54, 1.807) is 10.6 Å². The second-order valence-electron chi connectivity index (χ2n) is 5.34. The summed E-state index contributed by atoms with van der Waals surface area (Å²) in [6, 6.07) is 11.6. The fourth-order valence-electron chi connectivity index (χ4n) is 2.60. The molecular formula is C17H14N2O2S2. The number of thiol groups is 1. The molecule has 0 radical (unpaired) electrons. The lowest BCUT2D eigenvalue weighted by atomic mass is 10.2. The molecule has 0 saturated heterocycles. The van der Waals surface area contributed by atoms with Crippen LogP contribution in [0, 0.1) is 0 Å². The summed E-state index contributed by atoms with van der Waals surface area (Å²) < 4.78 is 8.26. The van der Waals surface area contributed by atoms with E-state index in [4.69, 9.17) is 4.42 Å². The lowest BCUT2D eigenvalue weighted by Crippen LogP contribution is -2.33. The summed E-state index contributed by atoms with van der Waals surface area (Å²) in [4.78, 5) is 18.5. The summed E-state index contributed by atoms with van der Waals surface area (Å²) in [5, 5.41) is 0. The Balaban J connectivity index is 1.76. The maximum absolute atomic E-state index is 12.4. The smallest absolute Gasteiger partial charge is 0.270 e. The Labute approximate surface area is 141 Å². The van der Waals surface area contributed by atoms with Crippen molar-refractivity contribution in [2.75, 3.05) is 6.54 Å². The first-order valence-corrected chi connectivity index (χ1v) is 8.62. The highest BCUT2D eigenvalue weighted by molar-refractivity contribution is 7.80. The first kappa shape index (κ1) is 14.5. The predicted octanol–water partition coefficient (Wildman–Crippen LogP) is 2.31. The minimum Gasteiger partial charge on any atom is -0.457 e. The van der Waals surface area contributed by atoms with Gasteiger partial charge in [-0.05, 0) is 30.7 Å². The van der Waals surface area contributed by atoms with Gasteiger partial charge in [0.15, 0.2) is 4.80 Å². The molecule has 0 atom stereocenters. The fraction of sp³-hybridized carbons (Fsp3) is 0.176. The Morgan fingerprint density at radius 2 is 2.22 bits per heavy atom. The molecule has 1 aliphatic heterocycles. The molecule has 0 amide bonds. The Morgan fingerprint density at radius 3 is 3.04 bits per heavy atom. The van der Waals surface area contributed by atoms with Crippen molar-refractivity contribution in [3.8, 4) is 11.3 Å².